The first-order chi connectivity index (χ1) is 12.3. The molecule has 0 aliphatic heterocycles. The molecular weight excluding hydrogens is 350 g/mol. The smallest absolute Gasteiger partial charge is 0.269 e. The maximum atomic E-state index is 12.7. The van der Waals surface area contributed by atoms with Gasteiger partial charge in [-0.05, 0) is 51.5 Å². The number of aryl methyl sites for hydroxylation is 2. The molecule has 0 saturated heterocycles. The molecule has 0 atom stereocenters. The van der Waals surface area contributed by atoms with E-state index in [2.05, 4.69) is 10.3 Å². The Kier molecular flexibility index (Phi) is 5.02. The molecule has 1 amide bonds. The number of carbonyl (C=O) groups is 1. The van der Waals surface area contributed by atoms with Crippen LogP contribution in [0.1, 0.15) is 40.5 Å². The van der Waals surface area contributed by atoms with Crippen molar-refractivity contribution in [3.8, 4) is 5.75 Å². The Morgan fingerprint density at radius 1 is 1.38 bits per heavy atom. The predicted molar refractivity (Wildman–Crippen MR) is 102 cm³/mol. The molecule has 7 heteroatoms. The van der Waals surface area contributed by atoms with E-state index in [1.807, 2.05) is 42.6 Å². The van der Waals surface area contributed by atoms with Gasteiger partial charge in [0.05, 0.1) is 34.4 Å². The first kappa shape index (κ1) is 18.4. The van der Waals surface area contributed by atoms with Crippen LogP contribution in [0.4, 0.5) is 0 Å². The van der Waals surface area contributed by atoms with Gasteiger partial charge >= 0.3 is 0 Å². The fraction of sp³-hybridized carbons (Fsp3) is 0.368. The third-order valence-corrected chi connectivity index (χ3v) is 5.12. The highest BCUT2D eigenvalue weighted by Crippen LogP contribution is 2.23. The summed E-state index contributed by atoms with van der Waals surface area (Å²) in [6.07, 6.45) is 1.82. The van der Waals surface area contributed by atoms with Gasteiger partial charge in [0, 0.05) is 5.52 Å². The van der Waals surface area contributed by atoms with Crippen LogP contribution >= 0.6 is 11.3 Å². The molecule has 0 radical (unpaired) electrons. The number of thiazole rings is 1. The summed E-state index contributed by atoms with van der Waals surface area (Å²) in [7, 11) is 0. The second-order valence-electron chi connectivity index (χ2n) is 6.98. The molecule has 0 fully saturated rings. The van der Waals surface area contributed by atoms with Gasteiger partial charge in [-0.25, -0.2) is 4.98 Å². The van der Waals surface area contributed by atoms with Gasteiger partial charge in [-0.15, -0.1) is 11.3 Å². The highest BCUT2D eigenvalue weighted by atomic mass is 32.1. The summed E-state index contributed by atoms with van der Waals surface area (Å²) in [5.74, 6) is 0.452. The second kappa shape index (κ2) is 7.09. The number of rotatable bonds is 6. The molecule has 3 heterocycles. The average molecular weight is 373 g/mol. The highest BCUT2D eigenvalue weighted by molar-refractivity contribution is 7.09. The third kappa shape index (κ3) is 3.73. The molecule has 0 unspecified atom stereocenters. The van der Waals surface area contributed by atoms with Crippen molar-refractivity contribution in [2.75, 3.05) is 6.61 Å². The molecule has 0 bridgehead atoms. The summed E-state index contributed by atoms with van der Waals surface area (Å²) in [4.78, 5) is 18.0. The SMILES string of the molecule is Cc1cc2ccc(OCc3scnc3C)cn2c1C(=O)NC(C)(C)CO. The lowest BCUT2D eigenvalue weighted by Gasteiger charge is -2.23. The summed E-state index contributed by atoms with van der Waals surface area (Å²) in [6, 6.07) is 5.78. The third-order valence-electron chi connectivity index (χ3n) is 4.21. The molecule has 6 nitrogen and oxygen atoms in total. The molecule has 26 heavy (non-hydrogen) atoms. The zero-order chi connectivity index (χ0) is 18.9. The van der Waals surface area contributed by atoms with Crippen molar-refractivity contribution in [3.63, 3.8) is 0 Å². The standard InChI is InChI=1S/C19H23N3O3S/c1-12-7-14-5-6-15(25-9-16-13(2)20-11-26-16)8-22(14)17(12)18(24)21-19(3,4)10-23/h5-8,11,23H,9-10H2,1-4H3,(H,21,24). The average Bonchev–Trinajstić information content (AvgIpc) is 3.14. The van der Waals surface area contributed by atoms with Crippen LogP contribution in [0.3, 0.4) is 0 Å². The summed E-state index contributed by atoms with van der Waals surface area (Å²) in [5.41, 5.74) is 4.41. The molecule has 3 aromatic rings. The van der Waals surface area contributed by atoms with Gasteiger partial charge < -0.3 is 19.6 Å². The van der Waals surface area contributed by atoms with Crippen molar-refractivity contribution < 1.29 is 14.6 Å². The number of fused-ring (bicyclic) bond motifs is 1. The molecular formula is C19H23N3O3S. The number of ether oxygens (including phenoxy) is 1. The molecule has 0 aliphatic carbocycles. The van der Waals surface area contributed by atoms with E-state index in [4.69, 9.17) is 4.74 Å². The maximum absolute atomic E-state index is 12.7. The van der Waals surface area contributed by atoms with Crippen molar-refractivity contribution >= 4 is 22.8 Å². The number of aliphatic hydroxyl groups excluding tert-OH is 1. The zero-order valence-electron chi connectivity index (χ0n) is 15.4. The number of nitrogens with one attached hydrogen (secondary N) is 1. The van der Waals surface area contributed by atoms with Crippen LogP contribution in [-0.4, -0.2) is 32.5 Å². The number of aromatic nitrogens is 2. The van der Waals surface area contributed by atoms with E-state index in [-0.39, 0.29) is 12.5 Å². The first-order valence-corrected chi connectivity index (χ1v) is 9.25. The lowest BCUT2D eigenvalue weighted by Crippen LogP contribution is -2.46. The summed E-state index contributed by atoms with van der Waals surface area (Å²) < 4.78 is 7.71. The van der Waals surface area contributed by atoms with Gasteiger partial charge in [0.2, 0.25) is 0 Å². The Morgan fingerprint density at radius 2 is 2.15 bits per heavy atom. The fourth-order valence-corrected chi connectivity index (χ4v) is 3.37. The van der Waals surface area contributed by atoms with Gasteiger partial charge in [0.25, 0.3) is 5.91 Å². The maximum Gasteiger partial charge on any atom is 0.269 e. The molecule has 0 spiro atoms. The van der Waals surface area contributed by atoms with Gasteiger partial charge in [0.1, 0.15) is 18.1 Å². The van der Waals surface area contributed by atoms with Crippen LogP contribution in [0.2, 0.25) is 0 Å². The Labute approximate surface area is 156 Å². The number of aliphatic hydroxyl groups is 1. The first-order valence-electron chi connectivity index (χ1n) is 8.37. The highest BCUT2D eigenvalue weighted by Gasteiger charge is 2.23. The van der Waals surface area contributed by atoms with Crippen molar-refractivity contribution in [3.05, 3.63) is 51.7 Å². The number of amides is 1. The van der Waals surface area contributed by atoms with Gasteiger partial charge in [-0.1, -0.05) is 0 Å². The summed E-state index contributed by atoms with van der Waals surface area (Å²) in [5, 5.41) is 12.3. The Morgan fingerprint density at radius 3 is 2.81 bits per heavy atom. The minimum Gasteiger partial charge on any atom is -0.486 e. The zero-order valence-corrected chi connectivity index (χ0v) is 16.2. The second-order valence-corrected chi connectivity index (χ2v) is 7.92. The van der Waals surface area contributed by atoms with E-state index in [1.54, 1.807) is 30.7 Å². The topological polar surface area (TPSA) is 75.9 Å². The number of nitrogens with zero attached hydrogens (tertiary/aromatic N) is 2. The van der Waals surface area contributed by atoms with Crippen molar-refractivity contribution in [1.29, 1.82) is 0 Å². The van der Waals surface area contributed by atoms with Crippen LogP contribution in [-0.2, 0) is 6.61 Å². The van der Waals surface area contributed by atoms with Crippen LogP contribution in [0, 0.1) is 13.8 Å². The number of carbonyl (C=O) groups excluding carboxylic acids is 1. The van der Waals surface area contributed by atoms with E-state index in [0.717, 1.165) is 21.7 Å². The van der Waals surface area contributed by atoms with Crippen LogP contribution in [0.5, 0.6) is 5.75 Å². The van der Waals surface area contributed by atoms with Crippen molar-refractivity contribution in [2.24, 2.45) is 0 Å². The van der Waals surface area contributed by atoms with E-state index in [1.165, 1.54) is 0 Å². The van der Waals surface area contributed by atoms with Crippen LogP contribution < -0.4 is 10.1 Å². The Balaban J connectivity index is 1.88. The molecule has 0 aromatic carbocycles. The lowest BCUT2D eigenvalue weighted by molar-refractivity contribution is 0.0862. The lowest BCUT2D eigenvalue weighted by atomic mass is 10.1. The number of hydrogen-bond donors (Lipinski definition) is 2. The molecule has 3 rings (SSSR count). The molecule has 0 saturated carbocycles. The minimum absolute atomic E-state index is 0.135. The van der Waals surface area contributed by atoms with E-state index in [9.17, 15) is 9.90 Å². The normalized spacial score (nSPS) is 11.7. The van der Waals surface area contributed by atoms with Gasteiger partial charge in [-0.3, -0.25) is 4.79 Å². The van der Waals surface area contributed by atoms with Crippen molar-refractivity contribution in [1.82, 2.24) is 14.7 Å². The van der Waals surface area contributed by atoms with E-state index < -0.39 is 5.54 Å². The van der Waals surface area contributed by atoms with E-state index in [0.29, 0.717) is 18.1 Å². The predicted octanol–water partition coefficient (Wildman–Crippen LogP) is 3.09. The van der Waals surface area contributed by atoms with Gasteiger partial charge in [0.15, 0.2) is 0 Å². The molecule has 3 aromatic heterocycles. The molecule has 2 N–H and O–H groups in total. The molecule has 0 aliphatic rings. The van der Waals surface area contributed by atoms with Gasteiger partial charge in [-0.2, -0.15) is 0 Å². The quantitative estimate of drug-likeness (QED) is 0.696. The van der Waals surface area contributed by atoms with Crippen LogP contribution in [0.25, 0.3) is 5.52 Å². The van der Waals surface area contributed by atoms with Crippen LogP contribution in [0.15, 0.2) is 29.9 Å². The van der Waals surface area contributed by atoms with Crippen molar-refractivity contribution in [2.45, 2.75) is 39.8 Å². The number of hydrogen-bond acceptors (Lipinski definition) is 5. The Hall–Kier alpha value is -2.38. The summed E-state index contributed by atoms with van der Waals surface area (Å²) in [6.45, 7) is 7.73. The van der Waals surface area contributed by atoms with E-state index >= 15 is 0 Å². The fourth-order valence-electron chi connectivity index (χ4n) is 2.68. The summed E-state index contributed by atoms with van der Waals surface area (Å²) >= 11 is 1.56. The largest absolute Gasteiger partial charge is 0.486 e. The molecule has 138 valence electrons. The minimum atomic E-state index is -0.689. The Bertz CT molecular complexity index is 943. The number of pyridine rings is 1. The monoisotopic (exact) mass is 373 g/mol.